The zero-order valence-electron chi connectivity index (χ0n) is 34.1. The fraction of sp³-hybridized carbons (Fsp3) is 0.354. The first kappa shape index (κ1) is 44.0. The topological polar surface area (TPSA) is 122 Å². The van der Waals surface area contributed by atoms with Gasteiger partial charge in [-0.05, 0) is 48.6 Å². The molecule has 0 spiro atoms. The van der Waals surface area contributed by atoms with Gasteiger partial charge in [-0.15, -0.1) is 0 Å². The zero-order chi connectivity index (χ0) is 41.7. The van der Waals surface area contributed by atoms with Crippen LogP contribution in [0.1, 0.15) is 48.6 Å². The molecule has 1 saturated heterocycles. The van der Waals surface area contributed by atoms with Crippen molar-refractivity contribution in [1.29, 1.82) is 0 Å². The molecule has 0 amide bonds. The fourth-order valence-corrected chi connectivity index (χ4v) is 7.94. The van der Waals surface area contributed by atoms with E-state index in [2.05, 4.69) is 4.72 Å². The molecular weight excluding hydrogens is 767 g/mol. The summed E-state index contributed by atoms with van der Waals surface area (Å²) in [6.45, 7) is 6.25. The van der Waals surface area contributed by atoms with Crippen molar-refractivity contribution in [2.24, 2.45) is 0 Å². The third-order valence-corrected chi connectivity index (χ3v) is 11.8. The molecule has 0 aliphatic carbocycles. The van der Waals surface area contributed by atoms with Gasteiger partial charge >= 0.3 is 5.97 Å². The van der Waals surface area contributed by atoms with Crippen LogP contribution in [-0.2, 0) is 76.2 Å². The maximum Gasteiger partial charge on any atom is 0.344 e. The van der Waals surface area contributed by atoms with Crippen molar-refractivity contribution >= 4 is 17.0 Å². The van der Waals surface area contributed by atoms with Crippen LogP contribution in [0.3, 0.4) is 0 Å². The molecule has 8 atom stereocenters. The third-order valence-electron chi connectivity index (χ3n) is 10.2. The monoisotopic (exact) mass is 821 g/mol. The van der Waals surface area contributed by atoms with E-state index in [0.717, 1.165) is 22.3 Å². The maximum atomic E-state index is 14.3. The highest BCUT2D eigenvalue weighted by Crippen LogP contribution is 2.39. The van der Waals surface area contributed by atoms with E-state index in [1.165, 1.54) is 7.11 Å². The number of aliphatic hydroxyl groups is 1. The van der Waals surface area contributed by atoms with Crippen LogP contribution in [0.25, 0.3) is 0 Å². The van der Waals surface area contributed by atoms with Crippen molar-refractivity contribution in [1.82, 2.24) is 4.72 Å². The van der Waals surface area contributed by atoms with Crippen molar-refractivity contribution in [2.45, 2.75) is 94.1 Å². The van der Waals surface area contributed by atoms with Gasteiger partial charge in [0.15, 0.2) is 0 Å². The number of nitrogens with one attached hydrogen (secondary N) is 1. The van der Waals surface area contributed by atoms with E-state index in [-0.39, 0.29) is 38.6 Å². The molecule has 1 heterocycles. The number of esters is 1. The first-order valence-electron chi connectivity index (χ1n) is 19.9. The molecule has 0 saturated carbocycles. The number of carbonyl (C=O) groups excluding carboxylic acids is 1. The molecule has 2 N–H and O–H groups in total. The molecule has 312 valence electrons. The van der Waals surface area contributed by atoms with Gasteiger partial charge in [-0.1, -0.05) is 152 Å². The van der Waals surface area contributed by atoms with Crippen LogP contribution in [0.4, 0.5) is 0 Å². The summed E-state index contributed by atoms with van der Waals surface area (Å²) in [5, 5.41) is 13.0. The molecule has 11 heteroatoms. The number of hydrogen-bond acceptors (Lipinski definition) is 9. The summed E-state index contributed by atoms with van der Waals surface area (Å²) in [6, 6.07) is 46.1. The summed E-state index contributed by atoms with van der Waals surface area (Å²) < 4.78 is 56.1. The van der Waals surface area contributed by atoms with Crippen molar-refractivity contribution in [3.8, 4) is 0 Å². The number of ether oxygens (including phenoxy) is 6. The number of carbonyl (C=O) groups is 1. The SMILES string of the molecule is COC(=O)[C@@](O)(c1ccccc1)[C@@H](N[S@@](=O)C(C)(C)C)[C@@H]1O[C@H](COCc2ccccc2)[C@H](OCc2ccccc2)[C@H](OCc2ccccc2)[C@H]1OCc1ccccc1. The second-order valence-corrected chi connectivity index (χ2v) is 17.5. The highest BCUT2D eigenvalue weighted by atomic mass is 32.2. The maximum absolute atomic E-state index is 14.3. The van der Waals surface area contributed by atoms with E-state index < -0.39 is 63.9 Å². The van der Waals surface area contributed by atoms with E-state index in [0.29, 0.717) is 0 Å². The normalized spacial score (nSPS) is 21.5. The van der Waals surface area contributed by atoms with Gasteiger partial charge in [0, 0.05) is 0 Å². The van der Waals surface area contributed by atoms with Crippen LogP contribution in [0.2, 0.25) is 0 Å². The van der Waals surface area contributed by atoms with E-state index in [1.54, 1.807) is 51.1 Å². The molecule has 59 heavy (non-hydrogen) atoms. The molecule has 0 bridgehead atoms. The molecule has 5 aromatic carbocycles. The van der Waals surface area contributed by atoms with Gasteiger partial charge in [0.1, 0.15) is 30.5 Å². The Balaban J connectivity index is 1.51. The Bertz CT molecular complexity index is 2020. The predicted molar refractivity (Wildman–Crippen MR) is 227 cm³/mol. The van der Waals surface area contributed by atoms with Gasteiger partial charge in [-0.25, -0.2) is 13.7 Å². The van der Waals surface area contributed by atoms with Crippen LogP contribution in [0, 0.1) is 0 Å². The summed E-state index contributed by atoms with van der Waals surface area (Å²) in [5.74, 6) is -0.974. The highest BCUT2D eigenvalue weighted by Gasteiger charge is 2.59. The first-order valence-corrected chi connectivity index (χ1v) is 21.0. The van der Waals surface area contributed by atoms with Gasteiger partial charge in [-0.3, -0.25) is 0 Å². The second-order valence-electron chi connectivity index (χ2n) is 15.5. The molecule has 1 aliphatic rings. The van der Waals surface area contributed by atoms with Crippen LogP contribution in [-0.4, -0.2) is 70.3 Å². The Morgan fingerprint density at radius 2 is 1.05 bits per heavy atom. The largest absolute Gasteiger partial charge is 0.467 e. The average molecular weight is 822 g/mol. The minimum absolute atomic E-state index is 0.0402. The fourth-order valence-electron chi connectivity index (χ4n) is 7.05. The van der Waals surface area contributed by atoms with E-state index >= 15 is 0 Å². The van der Waals surface area contributed by atoms with Crippen molar-refractivity contribution in [3.63, 3.8) is 0 Å². The molecule has 0 unspecified atom stereocenters. The standard InChI is InChI=1S/C48H55NO9S/c1-47(2,3)59(52)49-45(48(51,46(50)53-4)39-28-18-9-19-29-39)44-43(57-33-38-26-16-8-17-27-38)42(56-32-37-24-14-7-15-25-37)41(55-31-36-22-12-6-13-23-36)40(58-44)34-54-30-35-20-10-5-11-21-35/h5-29,40-45,49,51H,30-34H2,1-4H3/t40-,41+,42+,43-,44-,45+,48-,59+/m1/s1. The summed E-state index contributed by atoms with van der Waals surface area (Å²) in [6.07, 6.45) is -4.74. The van der Waals surface area contributed by atoms with Crippen molar-refractivity contribution < 1.29 is 42.5 Å². The number of methoxy groups -OCH3 is 1. The molecule has 0 aromatic heterocycles. The zero-order valence-corrected chi connectivity index (χ0v) is 34.9. The quantitative estimate of drug-likeness (QED) is 0.0833. The summed E-state index contributed by atoms with van der Waals surface area (Å²) in [7, 11) is -0.636. The summed E-state index contributed by atoms with van der Waals surface area (Å²) >= 11 is 0. The minimum Gasteiger partial charge on any atom is -0.467 e. The number of benzene rings is 5. The molecule has 6 rings (SSSR count). The summed E-state index contributed by atoms with van der Waals surface area (Å²) in [4.78, 5) is 14.2. The van der Waals surface area contributed by atoms with Crippen LogP contribution >= 0.6 is 0 Å². The number of rotatable bonds is 19. The lowest BCUT2D eigenvalue weighted by molar-refractivity contribution is -0.284. The third kappa shape index (κ3) is 11.6. The van der Waals surface area contributed by atoms with E-state index in [9.17, 15) is 14.1 Å². The van der Waals surface area contributed by atoms with Crippen molar-refractivity contribution in [3.05, 3.63) is 179 Å². The Morgan fingerprint density at radius 3 is 1.49 bits per heavy atom. The lowest BCUT2D eigenvalue weighted by Gasteiger charge is -2.50. The lowest BCUT2D eigenvalue weighted by Crippen LogP contribution is -2.71. The Morgan fingerprint density at radius 1 is 0.644 bits per heavy atom. The van der Waals surface area contributed by atoms with E-state index in [4.69, 9.17) is 28.4 Å². The predicted octanol–water partition coefficient (Wildman–Crippen LogP) is 7.21. The lowest BCUT2D eigenvalue weighted by atomic mass is 9.79. The summed E-state index contributed by atoms with van der Waals surface area (Å²) in [5.41, 5.74) is 1.46. The highest BCUT2D eigenvalue weighted by molar-refractivity contribution is 7.84. The minimum atomic E-state index is -2.44. The molecule has 1 aliphatic heterocycles. The van der Waals surface area contributed by atoms with Gasteiger partial charge in [-0.2, -0.15) is 0 Å². The Hall–Kier alpha value is -4.56. The molecule has 5 aromatic rings. The second kappa shape index (κ2) is 21.1. The van der Waals surface area contributed by atoms with Crippen LogP contribution in [0.5, 0.6) is 0 Å². The Labute approximate surface area is 350 Å². The van der Waals surface area contributed by atoms with Crippen LogP contribution < -0.4 is 4.72 Å². The van der Waals surface area contributed by atoms with Gasteiger partial charge < -0.3 is 33.5 Å². The molecular formula is C48H55NO9S. The first-order chi connectivity index (χ1) is 28.6. The molecule has 0 radical (unpaired) electrons. The average Bonchev–Trinajstić information content (AvgIpc) is 3.27. The van der Waals surface area contributed by atoms with Gasteiger partial charge in [0.2, 0.25) is 5.60 Å². The van der Waals surface area contributed by atoms with Gasteiger partial charge in [0.25, 0.3) is 0 Å². The molecule has 1 fully saturated rings. The molecule has 10 nitrogen and oxygen atoms in total. The van der Waals surface area contributed by atoms with E-state index in [1.807, 2.05) is 121 Å². The Kier molecular flexibility index (Phi) is 15.7. The number of hydrogen-bond donors (Lipinski definition) is 2. The van der Waals surface area contributed by atoms with Gasteiger partial charge in [0.05, 0.1) is 61.9 Å². The van der Waals surface area contributed by atoms with Crippen molar-refractivity contribution in [2.75, 3.05) is 13.7 Å². The smallest absolute Gasteiger partial charge is 0.344 e. The van der Waals surface area contributed by atoms with Crippen LogP contribution in [0.15, 0.2) is 152 Å².